The second-order valence-corrected chi connectivity index (χ2v) is 6.99. The van der Waals surface area contributed by atoms with Gasteiger partial charge in [0.25, 0.3) is 5.91 Å². The molecule has 1 amide bonds. The number of rotatable bonds is 5. The van der Waals surface area contributed by atoms with Gasteiger partial charge in [-0.25, -0.2) is 4.98 Å². The van der Waals surface area contributed by atoms with Crippen LogP contribution >= 0.6 is 15.9 Å². The number of benzene rings is 2. The summed E-state index contributed by atoms with van der Waals surface area (Å²) in [5.41, 5.74) is 3.46. The number of nitrogens with zero attached hydrogens (tertiary/aromatic N) is 2. The number of carbonyl (C=O) groups is 1. The molecule has 0 saturated heterocycles. The zero-order chi connectivity index (χ0) is 18.7. The molecule has 134 valence electrons. The third kappa shape index (κ3) is 3.73. The molecule has 0 unspecified atom stereocenters. The second-order valence-electron chi connectivity index (χ2n) is 6.14. The van der Waals surface area contributed by atoms with Gasteiger partial charge in [0.2, 0.25) is 0 Å². The number of carbonyl (C=O) groups excluding carboxylic acids is 1. The first kappa shape index (κ1) is 18.4. The minimum Gasteiger partial charge on any atom is -0.357 e. The highest BCUT2D eigenvalue weighted by Gasteiger charge is 2.12. The van der Waals surface area contributed by atoms with Crippen LogP contribution in [0.15, 0.2) is 53.0 Å². The van der Waals surface area contributed by atoms with E-state index < -0.39 is 0 Å². The van der Waals surface area contributed by atoms with Gasteiger partial charge in [-0.3, -0.25) is 4.79 Å². The van der Waals surface area contributed by atoms with Crippen LogP contribution in [-0.4, -0.2) is 24.0 Å². The summed E-state index contributed by atoms with van der Waals surface area (Å²) in [4.78, 5) is 19.5. The lowest BCUT2D eigenvalue weighted by molar-refractivity contribution is 0.102. The average Bonchev–Trinajstić information content (AvgIpc) is 2.63. The molecule has 5 heteroatoms. The molecule has 0 aliphatic rings. The van der Waals surface area contributed by atoms with Gasteiger partial charge in [0.15, 0.2) is 0 Å². The van der Waals surface area contributed by atoms with Crippen LogP contribution in [0.1, 0.15) is 29.8 Å². The first-order chi connectivity index (χ1) is 12.5. The lowest BCUT2D eigenvalue weighted by Gasteiger charge is -2.21. The fraction of sp³-hybridized carbons (Fsp3) is 0.238. The van der Waals surface area contributed by atoms with Gasteiger partial charge in [-0.05, 0) is 78.7 Å². The number of fused-ring (bicyclic) bond motifs is 1. The van der Waals surface area contributed by atoms with Crippen LogP contribution in [-0.2, 0) is 0 Å². The molecule has 1 aromatic heterocycles. The van der Waals surface area contributed by atoms with Crippen LogP contribution in [0, 0.1) is 6.92 Å². The Bertz CT molecular complexity index is 951. The lowest BCUT2D eigenvalue weighted by Crippen LogP contribution is -2.23. The largest absolute Gasteiger partial charge is 0.357 e. The standard InChI is InChI=1S/C21H22BrN3O/c1-4-25(5-2)20-12-14(3)17-13-15(10-11-19(17)24-20)23-21(26)16-8-6-7-9-18(16)22/h6-13H,4-5H2,1-3H3,(H,23,26). The normalized spacial score (nSPS) is 10.8. The molecule has 0 fully saturated rings. The Kier molecular flexibility index (Phi) is 5.57. The van der Waals surface area contributed by atoms with Crippen LogP contribution < -0.4 is 10.2 Å². The summed E-state index contributed by atoms with van der Waals surface area (Å²) in [6.45, 7) is 8.19. The highest BCUT2D eigenvalue weighted by Crippen LogP contribution is 2.26. The molecule has 0 bridgehead atoms. The molecule has 0 aliphatic heterocycles. The van der Waals surface area contributed by atoms with E-state index in [9.17, 15) is 4.79 Å². The van der Waals surface area contributed by atoms with Crippen LogP contribution in [0.2, 0.25) is 0 Å². The second kappa shape index (κ2) is 7.87. The Labute approximate surface area is 162 Å². The van der Waals surface area contributed by atoms with Gasteiger partial charge in [-0.1, -0.05) is 12.1 Å². The number of pyridine rings is 1. The summed E-state index contributed by atoms with van der Waals surface area (Å²) in [7, 11) is 0. The van der Waals surface area contributed by atoms with Crippen molar-refractivity contribution in [3.63, 3.8) is 0 Å². The summed E-state index contributed by atoms with van der Waals surface area (Å²) < 4.78 is 0.778. The van der Waals surface area contributed by atoms with Gasteiger partial charge in [0.1, 0.15) is 5.82 Å². The molecular formula is C21H22BrN3O. The molecule has 1 heterocycles. The quantitative estimate of drug-likeness (QED) is 0.610. The Morgan fingerprint density at radius 3 is 2.54 bits per heavy atom. The maximum absolute atomic E-state index is 12.5. The van der Waals surface area contributed by atoms with Gasteiger partial charge in [0, 0.05) is 28.6 Å². The molecule has 3 rings (SSSR count). The van der Waals surface area contributed by atoms with Crippen molar-refractivity contribution in [1.29, 1.82) is 0 Å². The van der Waals surface area contributed by atoms with Crippen molar-refractivity contribution in [2.45, 2.75) is 20.8 Å². The van der Waals surface area contributed by atoms with Crippen molar-refractivity contribution in [3.05, 3.63) is 64.1 Å². The predicted octanol–water partition coefficient (Wildman–Crippen LogP) is 5.40. The minimum absolute atomic E-state index is 0.137. The van der Waals surface area contributed by atoms with Crippen molar-refractivity contribution in [1.82, 2.24) is 4.98 Å². The number of halogens is 1. The molecular weight excluding hydrogens is 390 g/mol. The molecule has 0 aliphatic carbocycles. The molecule has 0 spiro atoms. The van der Waals surface area contributed by atoms with Gasteiger partial charge in [-0.2, -0.15) is 0 Å². The molecule has 1 N–H and O–H groups in total. The van der Waals surface area contributed by atoms with Gasteiger partial charge < -0.3 is 10.2 Å². The molecule has 4 nitrogen and oxygen atoms in total. The predicted molar refractivity (Wildman–Crippen MR) is 112 cm³/mol. The van der Waals surface area contributed by atoms with Gasteiger partial charge in [-0.15, -0.1) is 0 Å². The summed E-state index contributed by atoms with van der Waals surface area (Å²) in [6.07, 6.45) is 0. The summed E-state index contributed by atoms with van der Waals surface area (Å²) in [5, 5.41) is 4.02. The number of hydrogen-bond donors (Lipinski definition) is 1. The van der Waals surface area contributed by atoms with Gasteiger partial charge >= 0.3 is 0 Å². The Hall–Kier alpha value is -2.40. The zero-order valence-corrected chi connectivity index (χ0v) is 16.8. The molecule has 0 atom stereocenters. The Morgan fingerprint density at radius 2 is 1.85 bits per heavy atom. The number of anilines is 2. The topological polar surface area (TPSA) is 45.2 Å². The summed E-state index contributed by atoms with van der Waals surface area (Å²) in [6, 6.07) is 15.3. The monoisotopic (exact) mass is 411 g/mol. The van der Waals surface area contributed by atoms with Crippen LogP contribution in [0.5, 0.6) is 0 Å². The molecule has 3 aromatic rings. The average molecular weight is 412 g/mol. The van der Waals surface area contributed by atoms with Crippen molar-refractivity contribution < 1.29 is 4.79 Å². The lowest BCUT2D eigenvalue weighted by atomic mass is 10.1. The van der Waals surface area contributed by atoms with Crippen molar-refractivity contribution in [3.8, 4) is 0 Å². The third-order valence-electron chi connectivity index (χ3n) is 4.47. The van der Waals surface area contributed by atoms with E-state index in [-0.39, 0.29) is 5.91 Å². The zero-order valence-electron chi connectivity index (χ0n) is 15.2. The smallest absolute Gasteiger partial charge is 0.256 e. The van der Waals surface area contributed by atoms with Gasteiger partial charge in [0.05, 0.1) is 11.1 Å². The number of nitrogens with one attached hydrogen (secondary N) is 1. The van der Waals surface area contributed by atoms with E-state index in [0.717, 1.165) is 45.5 Å². The number of amides is 1. The van der Waals surface area contributed by atoms with E-state index >= 15 is 0 Å². The van der Waals surface area contributed by atoms with Crippen LogP contribution in [0.4, 0.5) is 11.5 Å². The van der Waals surface area contributed by atoms with Crippen molar-refractivity contribution in [2.75, 3.05) is 23.3 Å². The maximum atomic E-state index is 12.5. The number of aryl methyl sites for hydroxylation is 1. The highest BCUT2D eigenvalue weighted by atomic mass is 79.9. The maximum Gasteiger partial charge on any atom is 0.256 e. The molecule has 26 heavy (non-hydrogen) atoms. The SMILES string of the molecule is CCN(CC)c1cc(C)c2cc(NC(=O)c3ccccc3Br)ccc2n1. The first-order valence-corrected chi connectivity index (χ1v) is 9.55. The number of hydrogen-bond acceptors (Lipinski definition) is 3. The number of aromatic nitrogens is 1. The van der Waals surface area contributed by atoms with E-state index in [4.69, 9.17) is 4.98 Å². The summed E-state index contributed by atoms with van der Waals surface area (Å²) in [5.74, 6) is 0.854. The van der Waals surface area contributed by atoms with E-state index in [1.165, 1.54) is 0 Å². The highest BCUT2D eigenvalue weighted by molar-refractivity contribution is 9.10. The first-order valence-electron chi connectivity index (χ1n) is 8.75. The fourth-order valence-corrected chi connectivity index (χ4v) is 3.47. The van der Waals surface area contributed by atoms with E-state index in [1.807, 2.05) is 36.4 Å². The van der Waals surface area contributed by atoms with E-state index in [0.29, 0.717) is 5.56 Å². The van der Waals surface area contributed by atoms with Crippen LogP contribution in [0.25, 0.3) is 10.9 Å². The van der Waals surface area contributed by atoms with Crippen LogP contribution in [0.3, 0.4) is 0 Å². The van der Waals surface area contributed by atoms with Crippen molar-refractivity contribution in [2.24, 2.45) is 0 Å². The Balaban J connectivity index is 1.92. The summed E-state index contributed by atoms with van der Waals surface area (Å²) >= 11 is 3.42. The molecule has 2 aromatic carbocycles. The van der Waals surface area contributed by atoms with Crippen molar-refractivity contribution >= 4 is 44.2 Å². The molecule has 0 saturated carbocycles. The minimum atomic E-state index is -0.137. The van der Waals surface area contributed by atoms with E-state index in [2.05, 4.69) is 53.0 Å². The Morgan fingerprint density at radius 1 is 1.12 bits per heavy atom. The molecule has 0 radical (unpaired) electrons. The third-order valence-corrected chi connectivity index (χ3v) is 5.16. The fourth-order valence-electron chi connectivity index (χ4n) is 3.01. The van der Waals surface area contributed by atoms with E-state index in [1.54, 1.807) is 6.07 Å².